The van der Waals surface area contributed by atoms with Crippen molar-refractivity contribution in [2.45, 2.75) is 53.1 Å². The predicted octanol–water partition coefficient (Wildman–Crippen LogP) is 2.98. The summed E-state index contributed by atoms with van der Waals surface area (Å²) in [5, 5.41) is 0. The van der Waals surface area contributed by atoms with Crippen molar-refractivity contribution in [3.8, 4) is 0 Å². The maximum absolute atomic E-state index is 11.9. The Morgan fingerprint density at radius 3 is 2.05 bits per heavy atom. The second kappa shape index (κ2) is 7.13. The van der Waals surface area contributed by atoms with E-state index in [0.29, 0.717) is 0 Å². The van der Waals surface area contributed by atoms with Crippen LogP contribution < -0.4 is 0 Å². The molecule has 0 unspecified atom stereocenters. The summed E-state index contributed by atoms with van der Waals surface area (Å²) in [6, 6.07) is 0. The summed E-state index contributed by atoms with van der Waals surface area (Å²) in [6.07, 6.45) is 2.31. The zero-order valence-corrected chi connectivity index (χ0v) is 13.2. The van der Waals surface area contributed by atoms with Gasteiger partial charge in [0.2, 0.25) is 0 Å². The number of ether oxygens (including phenoxy) is 1. The highest BCUT2D eigenvalue weighted by Crippen LogP contribution is 2.14. The molecule has 0 radical (unpaired) electrons. The minimum absolute atomic E-state index is 0.172. The monoisotopic (exact) mass is 270 g/mol. The molecule has 1 saturated heterocycles. The molecule has 0 saturated carbocycles. The molecule has 1 heterocycles. The predicted molar refractivity (Wildman–Crippen MR) is 78.3 cm³/mol. The number of piperazine rings is 1. The van der Waals surface area contributed by atoms with Crippen LogP contribution in [0.2, 0.25) is 0 Å². The molecule has 1 amide bonds. The Labute approximate surface area is 118 Å². The minimum atomic E-state index is -0.399. The third kappa shape index (κ3) is 5.81. The number of rotatable bonds is 4. The van der Waals surface area contributed by atoms with Crippen molar-refractivity contribution >= 4 is 6.09 Å². The molecular formula is C15H30N2O2. The van der Waals surface area contributed by atoms with Crippen LogP contribution in [0, 0.1) is 5.92 Å². The second-order valence-corrected chi connectivity index (χ2v) is 6.45. The van der Waals surface area contributed by atoms with Crippen LogP contribution in [0.1, 0.15) is 47.5 Å². The number of hydrogen-bond donors (Lipinski definition) is 0. The first-order chi connectivity index (χ1) is 8.85. The molecule has 19 heavy (non-hydrogen) atoms. The van der Waals surface area contributed by atoms with E-state index >= 15 is 0 Å². The van der Waals surface area contributed by atoms with E-state index in [1.54, 1.807) is 0 Å². The smallest absolute Gasteiger partial charge is 0.410 e. The van der Waals surface area contributed by atoms with Gasteiger partial charge < -0.3 is 9.64 Å². The average Bonchev–Trinajstić information content (AvgIpc) is 2.34. The standard InChI is InChI=1S/C15H30N2O2/c1-6-13(7-2)12-16-8-10-17(11-9-16)14(18)19-15(3,4)5/h13H,6-12H2,1-5H3. The number of nitrogens with zero attached hydrogens (tertiary/aromatic N) is 2. The van der Waals surface area contributed by atoms with Crippen molar-refractivity contribution in [2.75, 3.05) is 32.7 Å². The fourth-order valence-corrected chi connectivity index (χ4v) is 2.35. The third-order valence-corrected chi connectivity index (χ3v) is 3.70. The van der Waals surface area contributed by atoms with Crippen molar-refractivity contribution in [1.82, 2.24) is 9.80 Å². The Kier molecular flexibility index (Phi) is 6.11. The fraction of sp³-hybridized carbons (Fsp3) is 0.933. The van der Waals surface area contributed by atoms with Gasteiger partial charge in [-0.2, -0.15) is 0 Å². The number of carbonyl (C=O) groups excluding carboxylic acids is 1. The van der Waals surface area contributed by atoms with E-state index in [1.165, 1.54) is 12.8 Å². The van der Waals surface area contributed by atoms with Crippen LogP contribution in [0.15, 0.2) is 0 Å². The van der Waals surface area contributed by atoms with Gasteiger partial charge >= 0.3 is 6.09 Å². The lowest BCUT2D eigenvalue weighted by Gasteiger charge is -2.36. The molecule has 0 aromatic rings. The Bertz CT molecular complexity index is 274. The molecule has 1 rings (SSSR count). The van der Waals surface area contributed by atoms with Crippen LogP contribution in [-0.2, 0) is 4.74 Å². The first kappa shape index (κ1) is 16.3. The summed E-state index contributed by atoms with van der Waals surface area (Å²) in [6.45, 7) is 14.9. The van der Waals surface area contributed by atoms with Gasteiger partial charge in [-0.15, -0.1) is 0 Å². The molecule has 112 valence electrons. The SMILES string of the molecule is CCC(CC)CN1CCN(C(=O)OC(C)(C)C)CC1. The summed E-state index contributed by atoms with van der Waals surface area (Å²) in [7, 11) is 0. The highest BCUT2D eigenvalue weighted by Gasteiger charge is 2.26. The zero-order chi connectivity index (χ0) is 14.5. The van der Waals surface area contributed by atoms with Gasteiger partial charge in [0.15, 0.2) is 0 Å². The molecule has 1 fully saturated rings. The van der Waals surface area contributed by atoms with E-state index in [4.69, 9.17) is 4.74 Å². The van der Waals surface area contributed by atoms with Crippen LogP contribution in [0.3, 0.4) is 0 Å². The third-order valence-electron chi connectivity index (χ3n) is 3.70. The van der Waals surface area contributed by atoms with Gasteiger partial charge in [0.1, 0.15) is 5.60 Å². The fourth-order valence-electron chi connectivity index (χ4n) is 2.35. The summed E-state index contributed by atoms with van der Waals surface area (Å²) in [5.41, 5.74) is -0.399. The molecule has 0 spiro atoms. The van der Waals surface area contributed by atoms with Crippen LogP contribution in [-0.4, -0.2) is 54.2 Å². The molecule has 0 N–H and O–H groups in total. The minimum Gasteiger partial charge on any atom is -0.444 e. The maximum atomic E-state index is 11.9. The van der Waals surface area contributed by atoms with Gasteiger partial charge in [-0.1, -0.05) is 26.7 Å². The van der Waals surface area contributed by atoms with E-state index in [9.17, 15) is 4.79 Å². The molecule has 4 heteroatoms. The first-order valence-corrected chi connectivity index (χ1v) is 7.56. The lowest BCUT2D eigenvalue weighted by atomic mass is 10.0. The lowest BCUT2D eigenvalue weighted by molar-refractivity contribution is 0.0132. The van der Waals surface area contributed by atoms with Gasteiger partial charge in [-0.3, -0.25) is 4.90 Å². The van der Waals surface area contributed by atoms with Crippen LogP contribution in [0.5, 0.6) is 0 Å². The van der Waals surface area contributed by atoms with Gasteiger partial charge in [0.05, 0.1) is 0 Å². The highest BCUT2D eigenvalue weighted by atomic mass is 16.6. The second-order valence-electron chi connectivity index (χ2n) is 6.45. The summed E-state index contributed by atoms with van der Waals surface area (Å²) in [5.74, 6) is 0.785. The summed E-state index contributed by atoms with van der Waals surface area (Å²) >= 11 is 0. The summed E-state index contributed by atoms with van der Waals surface area (Å²) < 4.78 is 5.40. The molecule has 1 aliphatic rings. The molecule has 0 aliphatic carbocycles. The Morgan fingerprint density at radius 2 is 1.63 bits per heavy atom. The molecule has 0 bridgehead atoms. The Hall–Kier alpha value is -0.770. The number of hydrogen-bond acceptors (Lipinski definition) is 3. The molecular weight excluding hydrogens is 240 g/mol. The normalized spacial score (nSPS) is 17.9. The highest BCUT2D eigenvalue weighted by molar-refractivity contribution is 5.68. The zero-order valence-electron chi connectivity index (χ0n) is 13.2. The van der Waals surface area contributed by atoms with E-state index < -0.39 is 5.60 Å². The quantitative estimate of drug-likeness (QED) is 0.787. The molecule has 0 aromatic carbocycles. The van der Waals surface area contributed by atoms with Gasteiger partial charge in [0.25, 0.3) is 0 Å². The Balaban J connectivity index is 2.34. The number of carbonyl (C=O) groups is 1. The topological polar surface area (TPSA) is 32.8 Å². The van der Waals surface area contributed by atoms with Crippen molar-refractivity contribution in [1.29, 1.82) is 0 Å². The molecule has 4 nitrogen and oxygen atoms in total. The van der Waals surface area contributed by atoms with E-state index in [1.807, 2.05) is 25.7 Å². The Morgan fingerprint density at radius 1 is 1.11 bits per heavy atom. The average molecular weight is 270 g/mol. The summed E-state index contributed by atoms with van der Waals surface area (Å²) in [4.78, 5) is 16.2. The van der Waals surface area contributed by atoms with Crippen LogP contribution in [0.25, 0.3) is 0 Å². The van der Waals surface area contributed by atoms with Crippen molar-refractivity contribution < 1.29 is 9.53 Å². The van der Waals surface area contributed by atoms with E-state index in [2.05, 4.69) is 18.7 Å². The van der Waals surface area contributed by atoms with E-state index in [-0.39, 0.29) is 6.09 Å². The van der Waals surface area contributed by atoms with Crippen LogP contribution in [0.4, 0.5) is 4.79 Å². The van der Waals surface area contributed by atoms with Gasteiger partial charge in [-0.05, 0) is 26.7 Å². The number of amides is 1. The van der Waals surface area contributed by atoms with Crippen molar-refractivity contribution in [2.24, 2.45) is 5.92 Å². The first-order valence-electron chi connectivity index (χ1n) is 7.56. The van der Waals surface area contributed by atoms with Crippen LogP contribution >= 0.6 is 0 Å². The van der Waals surface area contributed by atoms with Gasteiger partial charge in [-0.25, -0.2) is 4.79 Å². The van der Waals surface area contributed by atoms with E-state index in [0.717, 1.165) is 38.6 Å². The maximum Gasteiger partial charge on any atom is 0.410 e. The molecule has 1 aliphatic heterocycles. The lowest BCUT2D eigenvalue weighted by Crippen LogP contribution is -2.50. The largest absolute Gasteiger partial charge is 0.444 e. The van der Waals surface area contributed by atoms with Crippen molar-refractivity contribution in [3.05, 3.63) is 0 Å². The molecule has 0 aromatic heterocycles. The molecule has 0 atom stereocenters. The van der Waals surface area contributed by atoms with Gasteiger partial charge in [0, 0.05) is 32.7 Å². The van der Waals surface area contributed by atoms with Crippen molar-refractivity contribution in [3.63, 3.8) is 0 Å².